The number of nitrogens with zero attached hydrogens (tertiary/aromatic N) is 1. The Kier molecular flexibility index (Phi) is 10.5. The van der Waals surface area contributed by atoms with E-state index in [0.717, 1.165) is 6.42 Å². The van der Waals surface area contributed by atoms with Crippen molar-refractivity contribution in [1.29, 1.82) is 0 Å². The Balaban J connectivity index is 1.62. The summed E-state index contributed by atoms with van der Waals surface area (Å²) < 4.78 is 16.6. The number of amides is 2. The van der Waals surface area contributed by atoms with E-state index in [9.17, 15) is 14.4 Å². The molecule has 0 aliphatic carbocycles. The molecule has 0 aromatic heterocycles. The number of halogens is 2. The summed E-state index contributed by atoms with van der Waals surface area (Å²) >= 11 is 11.9. The van der Waals surface area contributed by atoms with Crippen LogP contribution in [0.25, 0.3) is 0 Å². The van der Waals surface area contributed by atoms with E-state index in [2.05, 4.69) is 15.8 Å². The number of nitrogens with one attached hydrogen (secondary N) is 2. The highest BCUT2D eigenvalue weighted by atomic mass is 35.5. The van der Waals surface area contributed by atoms with Gasteiger partial charge in [-0.15, -0.1) is 0 Å². The van der Waals surface area contributed by atoms with Gasteiger partial charge < -0.3 is 19.5 Å². The van der Waals surface area contributed by atoms with Gasteiger partial charge in [-0.3, -0.25) is 9.59 Å². The number of esters is 1. The van der Waals surface area contributed by atoms with Crippen molar-refractivity contribution in [2.75, 3.05) is 18.5 Å². The first-order valence-electron chi connectivity index (χ1n) is 11.6. The van der Waals surface area contributed by atoms with Crippen LogP contribution in [0.15, 0.2) is 65.8 Å². The van der Waals surface area contributed by atoms with Crippen LogP contribution in [0, 0.1) is 0 Å². The zero-order valence-corrected chi connectivity index (χ0v) is 22.1. The first kappa shape index (κ1) is 28.5. The number of hydrazone groups is 1. The Hall–Kier alpha value is -4.08. The fourth-order valence-electron chi connectivity index (χ4n) is 3.02. The second-order valence-corrected chi connectivity index (χ2v) is 8.44. The number of carbonyl (C=O) groups excluding carboxylic acids is 3. The van der Waals surface area contributed by atoms with Gasteiger partial charge in [0.2, 0.25) is 0 Å². The summed E-state index contributed by atoms with van der Waals surface area (Å²) in [5, 5.41) is 6.50. The van der Waals surface area contributed by atoms with Crippen LogP contribution in [0.5, 0.6) is 17.2 Å². The van der Waals surface area contributed by atoms with E-state index in [0.29, 0.717) is 35.8 Å². The molecule has 0 spiro atoms. The van der Waals surface area contributed by atoms with Gasteiger partial charge in [-0.05, 0) is 73.5 Å². The van der Waals surface area contributed by atoms with Crippen LogP contribution >= 0.6 is 23.2 Å². The average Bonchev–Trinajstić information content (AvgIpc) is 2.91. The maximum absolute atomic E-state index is 12.6. The van der Waals surface area contributed by atoms with Crippen molar-refractivity contribution >= 4 is 52.9 Å². The molecule has 0 aliphatic rings. The van der Waals surface area contributed by atoms with Crippen LogP contribution in [0.1, 0.15) is 36.2 Å². The minimum Gasteiger partial charge on any atom is -0.494 e. The number of benzene rings is 3. The molecule has 9 nitrogen and oxygen atoms in total. The number of rotatable bonds is 10. The highest BCUT2D eigenvalue weighted by Crippen LogP contribution is 2.30. The van der Waals surface area contributed by atoms with Crippen molar-refractivity contribution in [2.45, 2.75) is 20.3 Å². The fourth-order valence-corrected chi connectivity index (χ4v) is 3.37. The summed E-state index contributed by atoms with van der Waals surface area (Å²) in [5.74, 6) is -1.38. The van der Waals surface area contributed by atoms with Crippen LogP contribution < -0.4 is 25.0 Å². The molecule has 0 saturated carbocycles. The molecule has 0 bridgehead atoms. The quantitative estimate of drug-likeness (QED) is 0.112. The molecule has 0 aliphatic heterocycles. The summed E-state index contributed by atoms with van der Waals surface area (Å²) in [5.41, 5.74) is 3.19. The lowest BCUT2D eigenvalue weighted by molar-refractivity contribution is -0.136. The highest BCUT2D eigenvalue weighted by Gasteiger charge is 2.16. The second-order valence-electron chi connectivity index (χ2n) is 7.66. The van der Waals surface area contributed by atoms with Crippen LogP contribution in [-0.2, 0) is 9.59 Å². The van der Waals surface area contributed by atoms with E-state index >= 15 is 0 Å². The molecule has 3 aromatic rings. The standard InChI is InChI=1S/C27H25Cl2N3O6/c1-3-14-37-19-11-9-18(10-12-19)27(35)38-22-13-8-17(15-23(22)36-4-2)16-30-32-26(34)25(33)31-21-7-5-6-20(28)24(21)29/h5-13,15-16H,3-4,14H2,1-2H3,(H,31,33)(H,32,34). The first-order chi connectivity index (χ1) is 18.3. The molecule has 0 radical (unpaired) electrons. The van der Waals surface area contributed by atoms with E-state index in [1.165, 1.54) is 12.3 Å². The smallest absolute Gasteiger partial charge is 0.343 e. The number of hydrogen-bond acceptors (Lipinski definition) is 7. The Bertz CT molecular complexity index is 1330. The SMILES string of the molecule is CCCOc1ccc(C(=O)Oc2ccc(C=NNC(=O)C(=O)Nc3cccc(Cl)c3Cl)cc2OCC)cc1. The van der Waals surface area contributed by atoms with Crippen molar-refractivity contribution in [1.82, 2.24) is 5.43 Å². The Labute approximate surface area is 229 Å². The average molecular weight is 558 g/mol. The number of hydrogen-bond donors (Lipinski definition) is 2. The van der Waals surface area contributed by atoms with Gasteiger partial charge in [0.05, 0.1) is 40.7 Å². The normalized spacial score (nSPS) is 10.6. The zero-order chi connectivity index (χ0) is 27.5. The maximum Gasteiger partial charge on any atom is 0.343 e. The number of carbonyl (C=O) groups is 3. The zero-order valence-electron chi connectivity index (χ0n) is 20.6. The molecule has 2 N–H and O–H groups in total. The minimum atomic E-state index is -1.01. The number of ether oxygens (including phenoxy) is 3. The first-order valence-corrected chi connectivity index (χ1v) is 12.4. The maximum atomic E-state index is 12.6. The molecule has 0 heterocycles. The Morgan fingerprint density at radius 3 is 2.39 bits per heavy atom. The Morgan fingerprint density at radius 1 is 0.921 bits per heavy atom. The van der Waals surface area contributed by atoms with Gasteiger partial charge in [-0.1, -0.05) is 36.2 Å². The van der Waals surface area contributed by atoms with Gasteiger partial charge in [0.1, 0.15) is 5.75 Å². The van der Waals surface area contributed by atoms with Crippen LogP contribution in [-0.4, -0.2) is 37.2 Å². The van der Waals surface area contributed by atoms with E-state index < -0.39 is 17.8 Å². The van der Waals surface area contributed by atoms with Crippen molar-refractivity contribution in [3.63, 3.8) is 0 Å². The van der Waals surface area contributed by atoms with Gasteiger partial charge >= 0.3 is 17.8 Å². The van der Waals surface area contributed by atoms with Crippen LogP contribution in [0.3, 0.4) is 0 Å². The lowest BCUT2D eigenvalue weighted by Gasteiger charge is -2.12. The fraction of sp³-hybridized carbons (Fsp3) is 0.185. The summed E-state index contributed by atoms with van der Waals surface area (Å²) in [4.78, 5) is 36.8. The third-order valence-electron chi connectivity index (χ3n) is 4.82. The van der Waals surface area contributed by atoms with Gasteiger partial charge in [-0.2, -0.15) is 5.10 Å². The molecule has 198 valence electrons. The largest absolute Gasteiger partial charge is 0.494 e. The molecule has 3 rings (SSSR count). The summed E-state index contributed by atoms with van der Waals surface area (Å²) in [6, 6.07) is 16.0. The van der Waals surface area contributed by atoms with Crippen molar-refractivity contribution in [3.8, 4) is 17.2 Å². The van der Waals surface area contributed by atoms with Gasteiger partial charge in [0.25, 0.3) is 0 Å². The van der Waals surface area contributed by atoms with Crippen molar-refractivity contribution in [3.05, 3.63) is 81.8 Å². The van der Waals surface area contributed by atoms with Gasteiger partial charge in [-0.25, -0.2) is 10.2 Å². The molecule has 0 atom stereocenters. The van der Waals surface area contributed by atoms with Crippen LogP contribution in [0.4, 0.5) is 5.69 Å². The number of anilines is 1. The molecule has 3 aromatic carbocycles. The van der Waals surface area contributed by atoms with Crippen LogP contribution in [0.2, 0.25) is 10.0 Å². The lowest BCUT2D eigenvalue weighted by Crippen LogP contribution is -2.32. The topological polar surface area (TPSA) is 115 Å². The third kappa shape index (κ3) is 7.96. The molecular formula is C27H25Cl2N3O6. The third-order valence-corrected chi connectivity index (χ3v) is 5.64. The molecular weight excluding hydrogens is 533 g/mol. The summed E-state index contributed by atoms with van der Waals surface area (Å²) in [6.45, 7) is 4.70. The van der Waals surface area contributed by atoms with E-state index in [1.807, 2.05) is 6.92 Å². The van der Waals surface area contributed by atoms with E-state index in [1.54, 1.807) is 61.5 Å². The van der Waals surface area contributed by atoms with E-state index in [-0.39, 0.29) is 21.5 Å². The minimum absolute atomic E-state index is 0.112. The predicted molar refractivity (Wildman–Crippen MR) is 146 cm³/mol. The monoisotopic (exact) mass is 557 g/mol. The van der Waals surface area contributed by atoms with Crippen molar-refractivity contribution in [2.24, 2.45) is 5.10 Å². The molecule has 0 unspecified atom stereocenters. The summed E-state index contributed by atoms with van der Waals surface area (Å²) in [6.07, 6.45) is 2.19. The van der Waals surface area contributed by atoms with Gasteiger partial charge in [0, 0.05) is 0 Å². The molecule has 2 amide bonds. The highest BCUT2D eigenvalue weighted by molar-refractivity contribution is 6.45. The molecule has 38 heavy (non-hydrogen) atoms. The molecule has 0 saturated heterocycles. The van der Waals surface area contributed by atoms with Crippen molar-refractivity contribution < 1.29 is 28.6 Å². The summed E-state index contributed by atoms with van der Waals surface area (Å²) in [7, 11) is 0. The lowest BCUT2D eigenvalue weighted by atomic mass is 10.2. The Morgan fingerprint density at radius 2 is 1.68 bits per heavy atom. The van der Waals surface area contributed by atoms with Gasteiger partial charge in [0.15, 0.2) is 11.5 Å². The second kappa shape index (κ2) is 14.0. The molecule has 11 heteroatoms. The molecule has 0 fully saturated rings. The van der Waals surface area contributed by atoms with E-state index in [4.69, 9.17) is 37.4 Å². The predicted octanol–water partition coefficient (Wildman–Crippen LogP) is 5.49.